The smallest absolute Gasteiger partial charge is 0.238 e. The van der Waals surface area contributed by atoms with Crippen LogP contribution < -0.4 is 4.72 Å². The second-order valence-electron chi connectivity index (χ2n) is 3.83. The molecule has 0 saturated carbocycles. The minimum Gasteiger partial charge on any atom is -0.376 e. The molecule has 0 aromatic carbocycles. The Morgan fingerprint density at radius 1 is 1.46 bits per heavy atom. The Kier molecular flexibility index (Phi) is 4.65. The number of nitrogens with one attached hydrogen (secondary N) is 1. The molecule has 4 nitrogen and oxygen atoms in total. The van der Waals surface area contributed by atoms with Crippen molar-refractivity contribution in [3.63, 3.8) is 0 Å². The van der Waals surface area contributed by atoms with Gasteiger partial charge in [-0.05, 0) is 20.8 Å². The third-order valence-electron chi connectivity index (χ3n) is 1.16. The predicted molar refractivity (Wildman–Crippen MR) is 53.2 cm³/mol. The topological polar surface area (TPSA) is 66.4 Å². The molecule has 0 aromatic rings. The van der Waals surface area contributed by atoms with Gasteiger partial charge in [0.15, 0.2) is 5.44 Å². The van der Waals surface area contributed by atoms with Gasteiger partial charge in [0.25, 0.3) is 0 Å². The van der Waals surface area contributed by atoms with Gasteiger partial charge in [-0.15, -0.1) is 11.6 Å². The van der Waals surface area contributed by atoms with Crippen molar-refractivity contribution in [2.45, 2.75) is 38.2 Å². The van der Waals surface area contributed by atoms with Crippen molar-refractivity contribution in [3.05, 3.63) is 0 Å². The number of alkyl halides is 1. The van der Waals surface area contributed by atoms with Crippen molar-refractivity contribution in [3.8, 4) is 0 Å². The van der Waals surface area contributed by atoms with Gasteiger partial charge in [-0.1, -0.05) is 0 Å². The number of hydrogen-bond acceptors (Lipinski definition) is 3. The molecule has 13 heavy (non-hydrogen) atoms. The van der Waals surface area contributed by atoms with Crippen LogP contribution in [0.4, 0.5) is 0 Å². The summed E-state index contributed by atoms with van der Waals surface area (Å²) >= 11 is 5.32. The average molecular weight is 230 g/mol. The number of rotatable bonds is 4. The Morgan fingerprint density at radius 3 is 2.23 bits per heavy atom. The molecule has 0 heterocycles. The number of hydrogen-bond donors (Lipinski definition) is 2. The van der Waals surface area contributed by atoms with Crippen LogP contribution in [0.2, 0.25) is 0 Å². The van der Waals surface area contributed by atoms with Crippen molar-refractivity contribution < 1.29 is 13.5 Å². The molecule has 0 spiro atoms. The molecule has 2 N–H and O–H groups in total. The van der Waals surface area contributed by atoms with Crippen molar-refractivity contribution in [2.24, 2.45) is 0 Å². The van der Waals surface area contributed by atoms with Gasteiger partial charge >= 0.3 is 0 Å². The number of aliphatic hydroxyl groups excluding tert-OH is 1. The lowest BCUT2D eigenvalue weighted by Gasteiger charge is -2.22. The Labute approximate surface area is 84.3 Å². The number of sulfonamides is 1. The maximum atomic E-state index is 11.3. The van der Waals surface area contributed by atoms with E-state index in [1.165, 1.54) is 0 Å². The molecule has 0 saturated heterocycles. The van der Waals surface area contributed by atoms with E-state index in [0.29, 0.717) is 0 Å². The van der Waals surface area contributed by atoms with Crippen LogP contribution in [0.15, 0.2) is 0 Å². The van der Waals surface area contributed by atoms with E-state index in [2.05, 4.69) is 4.72 Å². The Hall–Kier alpha value is 0.160. The number of aliphatic hydroxyl groups is 1. The van der Waals surface area contributed by atoms with E-state index in [1.54, 1.807) is 20.8 Å². The Morgan fingerprint density at radius 2 is 1.92 bits per heavy atom. The zero-order valence-corrected chi connectivity index (χ0v) is 9.61. The largest absolute Gasteiger partial charge is 0.376 e. The molecule has 0 aliphatic rings. The summed E-state index contributed by atoms with van der Waals surface area (Å²) < 4.78 is 25.0. The van der Waals surface area contributed by atoms with E-state index in [-0.39, 0.29) is 12.3 Å². The summed E-state index contributed by atoms with van der Waals surface area (Å²) in [6.07, 6.45) is 0.0347. The molecule has 0 aliphatic carbocycles. The van der Waals surface area contributed by atoms with Gasteiger partial charge in [0.1, 0.15) is 0 Å². The first-order valence-corrected chi connectivity index (χ1v) is 6.04. The van der Waals surface area contributed by atoms with Gasteiger partial charge in [-0.25, -0.2) is 13.1 Å². The minimum atomic E-state index is -3.66. The molecule has 0 bridgehead atoms. The van der Waals surface area contributed by atoms with E-state index < -0.39 is 21.0 Å². The fraction of sp³-hybridized carbons (Fsp3) is 1.00. The van der Waals surface area contributed by atoms with Crippen molar-refractivity contribution in [1.82, 2.24) is 4.72 Å². The molecular weight excluding hydrogens is 214 g/mol. The molecule has 0 aliphatic heterocycles. The molecule has 0 fully saturated rings. The summed E-state index contributed by atoms with van der Waals surface area (Å²) in [5.41, 5.74) is -2.00. The lowest BCUT2D eigenvalue weighted by molar-refractivity contribution is 0.241. The van der Waals surface area contributed by atoms with Crippen molar-refractivity contribution in [2.75, 3.05) is 5.88 Å². The molecular formula is C7H16ClNO3S. The van der Waals surface area contributed by atoms with Crippen LogP contribution in [-0.4, -0.2) is 30.4 Å². The summed E-state index contributed by atoms with van der Waals surface area (Å²) in [7, 11) is -3.66. The maximum absolute atomic E-state index is 11.3. The molecule has 0 amide bonds. The Bertz CT molecular complexity index is 245. The highest BCUT2D eigenvalue weighted by Gasteiger charge is 2.26. The molecule has 0 aromatic heterocycles. The van der Waals surface area contributed by atoms with Gasteiger partial charge in [0.05, 0.1) is 0 Å². The van der Waals surface area contributed by atoms with Gasteiger partial charge in [0.2, 0.25) is 10.0 Å². The third-order valence-corrected chi connectivity index (χ3v) is 3.23. The number of halogens is 1. The lowest BCUT2D eigenvalue weighted by atomic mass is 10.1. The minimum absolute atomic E-state index is 0.0347. The highest BCUT2D eigenvalue weighted by Crippen LogP contribution is 2.08. The zero-order valence-electron chi connectivity index (χ0n) is 8.04. The SMILES string of the molecule is CC(C)(C)NS(=O)(=O)C(O)CCCl. The fourth-order valence-electron chi connectivity index (χ4n) is 0.743. The zero-order chi connectivity index (χ0) is 10.7. The van der Waals surface area contributed by atoms with Crippen LogP contribution in [-0.2, 0) is 10.0 Å². The van der Waals surface area contributed by atoms with Gasteiger partial charge in [-0.3, -0.25) is 0 Å². The van der Waals surface area contributed by atoms with E-state index in [4.69, 9.17) is 11.6 Å². The second-order valence-corrected chi connectivity index (χ2v) is 6.05. The van der Waals surface area contributed by atoms with E-state index in [9.17, 15) is 13.5 Å². The normalized spacial score (nSPS) is 15.8. The average Bonchev–Trinajstić information content (AvgIpc) is 1.82. The van der Waals surface area contributed by atoms with Crippen LogP contribution in [0.25, 0.3) is 0 Å². The summed E-state index contributed by atoms with van der Waals surface area (Å²) in [6, 6.07) is 0. The summed E-state index contributed by atoms with van der Waals surface area (Å²) in [5, 5.41) is 9.21. The van der Waals surface area contributed by atoms with Crippen molar-refractivity contribution in [1.29, 1.82) is 0 Å². The molecule has 1 unspecified atom stereocenters. The first-order chi connectivity index (χ1) is 5.69. The van der Waals surface area contributed by atoms with Crippen LogP contribution in [0.3, 0.4) is 0 Å². The summed E-state index contributed by atoms with van der Waals surface area (Å²) in [6.45, 7) is 5.12. The van der Waals surface area contributed by atoms with Gasteiger partial charge in [0, 0.05) is 17.8 Å². The molecule has 0 radical (unpaired) electrons. The van der Waals surface area contributed by atoms with Gasteiger partial charge < -0.3 is 5.11 Å². The van der Waals surface area contributed by atoms with E-state index >= 15 is 0 Å². The van der Waals surface area contributed by atoms with Crippen LogP contribution >= 0.6 is 11.6 Å². The quantitative estimate of drug-likeness (QED) is 0.696. The molecule has 1 atom stereocenters. The van der Waals surface area contributed by atoms with Crippen LogP contribution in [0, 0.1) is 0 Å². The predicted octanol–water partition coefficient (Wildman–Crippen LogP) is 0.652. The monoisotopic (exact) mass is 229 g/mol. The van der Waals surface area contributed by atoms with E-state index in [1.807, 2.05) is 0 Å². The first-order valence-electron chi connectivity index (χ1n) is 3.96. The first kappa shape index (κ1) is 13.2. The summed E-state index contributed by atoms with van der Waals surface area (Å²) in [5.74, 6) is 0.117. The summed E-state index contributed by atoms with van der Waals surface area (Å²) in [4.78, 5) is 0. The maximum Gasteiger partial charge on any atom is 0.238 e. The molecule has 80 valence electrons. The third kappa shape index (κ3) is 5.46. The highest BCUT2D eigenvalue weighted by molar-refractivity contribution is 7.89. The fourth-order valence-corrected chi connectivity index (χ4v) is 2.50. The molecule has 6 heteroatoms. The van der Waals surface area contributed by atoms with Crippen molar-refractivity contribution >= 4 is 21.6 Å². The lowest BCUT2D eigenvalue weighted by Crippen LogP contribution is -2.45. The van der Waals surface area contributed by atoms with E-state index in [0.717, 1.165) is 0 Å². The molecule has 0 rings (SSSR count). The van der Waals surface area contributed by atoms with Gasteiger partial charge in [-0.2, -0.15) is 0 Å². The highest BCUT2D eigenvalue weighted by atomic mass is 35.5. The second kappa shape index (κ2) is 4.59. The van der Waals surface area contributed by atoms with Crippen LogP contribution in [0.1, 0.15) is 27.2 Å². The standard InChI is InChI=1S/C7H16ClNO3S/c1-7(2,3)9-13(11,12)6(10)4-5-8/h6,9-10H,4-5H2,1-3H3. The Balaban J connectivity index is 4.41. The van der Waals surface area contributed by atoms with Crippen LogP contribution in [0.5, 0.6) is 0 Å².